The molecule has 5 heteroatoms. The summed E-state index contributed by atoms with van der Waals surface area (Å²) in [5.74, 6) is 1.10. The first-order chi connectivity index (χ1) is 8.50. The number of ether oxygens (including phenoxy) is 1. The summed E-state index contributed by atoms with van der Waals surface area (Å²) in [4.78, 5) is 4.34. The van der Waals surface area contributed by atoms with E-state index in [1.165, 1.54) is 0 Å². The van der Waals surface area contributed by atoms with Gasteiger partial charge in [-0.3, -0.25) is 0 Å². The molecule has 0 aliphatic carbocycles. The van der Waals surface area contributed by atoms with Crippen molar-refractivity contribution in [3.8, 4) is 11.4 Å². The minimum atomic E-state index is -0.320. The van der Waals surface area contributed by atoms with Crippen molar-refractivity contribution in [1.82, 2.24) is 10.1 Å². The summed E-state index contributed by atoms with van der Waals surface area (Å²) in [6.07, 6.45) is 0.568. The van der Waals surface area contributed by atoms with E-state index in [0.717, 1.165) is 5.56 Å². The summed E-state index contributed by atoms with van der Waals surface area (Å²) in [5.41, 5.74) is 6.92. The highest BCUT2D eigenvalue weighted by Gasteiger charge is 2.21. The van der Waals surface area contributed by atoms with Crippen molar-refractivity contribution in [2.24, 2.45) is 0 Å². The predicted octanol–water partition coefficient (Wildman–Crippen LogP) is 2.29. The van der Waals surface area contributed by atoms with Gasteiger partial charge in [-0.15, -0.1) is 0 Å². The third kappa shape index (κ3) is 2.87. The smallest absolute Gasteiger partial charge is 0.229 e. The zero-order valence-corrected chi connectivity index (χ0v) is 10.8. The van der Waals surface area contributed by atoms with Crippen LogP contribution in [0.4, 0.5) is 5.69 Å². The van der Waals surface area contributed by atoms with Crippen molar-refractivity contribution in [3.63, 3.8) is 0 Å². The number of hydrogen-bond donors (Lipinski definition) is 1. The number of benzene rings is 1. The maximum Gasteiger partial charge on any atom is 0.229 e. The second-order valence-corrected chi connectivity index (χ2v) is 4.78. The molecular weight excluding hydrogens is 230 g/mol. The fourth-order valence-corrected chi connectivity index (χ4v) is 1.56. The predicted molar refractivity (Wildman–Crippen MR) is 68.9 cm³/mol. The number of methoxy groups -OCH3 is 1. The van der Waals surface area contributed by atoms with Gasteiger partial charge in [-0.1, -0.05) is 17.3 Å². The third-order valence-electron chi connectivity index (χ3n) is 2.74. The summed E-state index contributed by atoms with van der Waals surface area (Å²) in [6.45, 7) is 3.94. The molecule has 1 heterocycles. The normalized spacial score (nSPS) is 11.7. The van der Waals surface area contributed by atoms with Gasteiger partial charge in [0, 0.05) is 18.4 Å². The molecule has 2 aromatic rings. The number of nitrogens with zero attached hydrogens (tertiary/aromatic N) is 2. The molecule has 0 saturated heterocycles. The van der Waals surface area contributed by atoms with Crippen LogP contribution in [0, 0.1) is 0 Å². The van der Waals surface area contributed by atoms with Gasteiger partial charge in [0.1, 0.15) is 0 Å². The number of aromatic nitrogens is 2. The Kier molecular flexibility index (Phi) is 3.34. The van der Waals surface area contributed by atoms with Gasteiger partial charge in [-0.2, -0.15) is 4.98 Å². The monoisotopic (exact) mass is 247 g/mol. The maximum absolute atomic E-state index is 5.72. The summed E-state index contributed by atoms with van der Waals surface area (Å²) in [6, 6.07) is 7.39. The summed E-state index contributed by atoms with van der Waals surface area (Å²) >= 11 is 0. The van der Waals surface area contributed by atoms with Gasteiger partial charge in [0.2, 0.25) is 11.7 Å². The number of nitrogens with two attached hydrogens (primary N) is 1. The molecular formula is C13H17N3O2. The van der Waals surface area contributed by atoms with Crippen molar-refractivity contribution >= 4 is 5.69 Å². The Balaban J connectivity index is 2.21. The van der Waals surface area contributed by atoms with E-state index >= 15 is 0 Å². The largest absolute Gasteiger partial charge is 0.399 e. The lowest BCUT2D eigenvalue weighted by Crippen LogP contribution is -2.25. The zero-order chi connectivity index (χ0) is 13.2. The highest BCUT2D eigenvalue weighted by Crippen LogP contribution is 2.20. The van der Waals surface area contributed by atoms with E-state index in [9.17, 15) is 0 Å². The van der Waals surface area contributed by atoms with Gasteiger partial charge < -0.3 is 15.0 Å². The van der Waals surface area contributed by atoms with E-state index in [-0.39, 0.29) is 5.60 Å². The lowest BCUT2D eigenvalue weighted by atomic mass is 10.1. The van der Waals surface area contributed by atoms with Crippen LogP contribution in [0.5, 0.6) is 0 Å². The van der Waals surface area contributed by atoms with Crippen LogP contribution >= 0.6 is 0 Å². The molecule has 0 saturated carbocycles. The van der Waals surface area contributed by atoms with E-state index in [0.29, 0.717) is 23.8 Å². The fourth-order valence-electron chi connectivity index (χ4n) is 1.56. The second kappa shape index (κ2) is 4.78. The number of rotatable bonds is 4. The summed E-state index contributed by atoms with van der Waals surface area (Å²) in [5, 5.41) is 3.95. The number of nitrogen functional groups attached to an aromatic ring is 1. The van der Waals surface area contributed by atoms with Gasteiger partial charge in [-0.25, -0.2) is 0 Å². The SMILES string of the molecule is COC(C)(C)Cc1nc(-c2cccc(N)c2)no1. The first-order valence-electron chi connectivity index (χ1n) is 5.74. The fraction of sp³-hybridized carbons (Fsp3) is 0.385. The first-order valence-corrected chi connectivity index (χ1v) is 5.74. The second-order valence-electron chi connectivity index (χ2n) is 4.78. The van der Waals surface area contributed by atoms with Crippen LogP contribution in [0.3, 0.4) is 0 Å². The van der Waals surface area contributed by atoms with E-state index < -0.39 is 0 Å². The Morgan fingerprint density at radius 2 is 2.17 bits per heavy atom. The molecule has 0 amide bonds. The molecule has 0 radical (unpaired) electrons. The Morgan fingerprint density at radius 1 is 1.39 bits per heavy atom. The minimum absolute atomic E-state index is 0.320. The van der Waals surface area contributed by atoms with Gasteiger partial charge in [-0.05, 0) is 26.0 Å². The zero-order valence-electron chi connectivity index (χ0n) is 10.8. The highest BCUT2D eigenvalue weighted by atomic mass is 16.5. The Labute approximate surface area is 106 Å². The summed E-state index contributed by atoms with van der Waals surface area (Å²) in [7, 11) is 1.66. The third-order valence-corrected chi connectivity index (χ3v) is 2.74. The van der Waals surface area contributed by atoms with Crippen LogP contribution in [-0.2, 0) is 11.2 Å². The molecule has 0 aliphatic heterocycles. The van der Waals surface area contributed by atoms with Crippen molar-refractivity contribution in [2.75, 3.05) is 12.8 Å². The number of hydrogen-bond acceptors (Lipinski definition) is 5. The molecule has 2 N–H and O–H groups in total. The molecule has 2 rings (SSSR count). The van der Waals surface area contributed by atoms with Gasteiger partial charge in [0.05, 0.1) is 12.0 Å². The van der Waals surface area contributed by atoms with Crippen molar-refractivity contribution in [2.45, 2.75) is 25.9 Å². The highest BCUT2D eigenvalue weighted by molar-refractivity contribution is 5.60. The van der Waals surface area contributed by atoms with Crippen LogP contribution in [0.1, 0.15) is 19.7 Å². The molecule has 96 valence electrons. The van der Waals surface area contributed by atoms with Crippen LogP contribution in [-0.4, -0.2) is 22.9 Å². The molecule has 0 aliphatic rings. The van der Waals surface area contributed by atoms with E-state index in [4.69, 9.17) is 15.0 Å². The first kappa shape index (κ1) is 12.6. The molecule has 18 heavy (non-hydrogen) atoms. The average Bonchev–Trinajstić information content (AvgIpc) is 2.77. The standard InChI is InChI=1S/C13H17N3O2/c1-13(2,17-3)8-11-15-12(16-18-11)9-5-4-6-10(14)7-9/h4-7H,8,14H2,1-3H3. The van der Waals surface area contributed by atoms with Crippen molar-refractivity contribution in [3.05, 3.63) is 30.2 Å². The number of anilines is 1. The van der Waals surface area contributed by atoms with Gasteiger partial charge in [0.25, 0.3) is 0 Å². The summed E-state index contributed by atoms with van der Waals surface area (Å²) < 4.78 is 10.5. The van der Waals surface area contributed by atoms with Crippen LogP contribution in [0.15, 0.2) is 28.8 Å². The van der Waals surface area contributed by atoms with Crippen molar-refractivity contribution in [1.29, 1.82) is 0 Å². The Hall–Kier alpha value is -1.88. The van der Waals surface area contributed by atoms with Crippen LogP contribution in [0.25, 0.3) is 11.4 Å². The molecule has 0 spiro atoms. The van der Waals surface area contributed by atoms with Crippen LogP contribution < -0.4 is 5.73 Å². The molecule has 0 unspecified atom stereocenters. The molecule has 0 fully saturated rings. The van der Waals surface area contributed by atoms with E-state index in [1.807, 2.05) is 38.1 Å². The van der Waals surface area contributed by atoms with Crippen LogP contribution in [0.2, 0.25) is 0 Å². The molecule has 0 bridgehead atoms. The molecule has 5 nitrogen and oxygen atoms in total. The quantitative estimate of drug-likeness (QED) is 0.839. The Morgan fingerprint density at radius 3 is 2.83 bits per heavy atom. The lowest BCUT2D eigenvalue weighted by molar-refractivity contribution is 0.0170. The molecule has 0 atom stereocenters. The molecule has 1 aromatic heterocycles. The van der Waals surface area contributed by atoms with E-state index in [2.05, 4.69) is 10.1 Å². The van der Waals surface area contributed by atoms with E-state index in [1.54, 1.807) is 7.11 Å². The van der Waals surface area contributed by atoms with Gasteiger partial charge >= 0.3 is 0 Å². The Bertz CT molecular complexity index is 535. The van der Waals surface area contributed by atoms with Crippen molar-refractivity contribution < 1.29 is 9.26 Å². The maximum atomic E-state index is 5.72. The lowest BCUT2D eigenvalue weighted by Gasteiger charge is -2.19. The molecule has 1 aromatic carbocycles. The van der Waals surface area contributed by atoms with Gasteiger partial charge in [0.15, 0.2) is 0 Å². The topological polar surface area (TPSA) is 74.2 Å². The average molecular weight is 247 g/mol. The minimum Gasteiger partial charge on any atom is -0.399 e.